The third-order valence-electron chi connectivity index (χ3n) is 4.96. The van der Waals surface area contributed by atoms with Gasteiger partial charge >= 0.3 is 0 Å². The monoisotopic (exact) mass is 405 g/mol. The summed E-state index contributed by atoms with van der Waals surface area (Å²) < 4.78 is 48.1. The van der Waals surface area contributed by atoms with Crippen LogP contribution in [0.2, 0.25) is 0 Å². The Balaban J connectivity index is 1.49. The summed E-state index contributed by atoms with van der Waals surface area (Å²) in [6, 6.07) is 15.4. The maximum absolute atomic E-state index is 12.7. The van der Waals surface area contributed by atoms with Crippen molar-refractivity contribution in [2.75, 3.05) is 6.61 Å². The molecule has 4 rings (SSSR count). The lowest BCUT2D eigenvalue weighted by Crippen LogP contribution is -2.60. The fourth-order valence-corrected chi connectivity index (χ4v) is 4.49. The van der Waals surface area contributed by atoms with E-state index in [1.807, 2.05) is 37.3 Å². The molecule has 0 aromatic heterocycles. The summed E-state index contributed by atoms with van der Waals surface area (Å²) in [5.74, 6) is 0. The largest absolute Gasteiger partial charge is 0.369 e. The zero-order valence-electron chi connectivity index (χ0n) is 15.4. The lowest BCUT2D eigenvalue weighted by Gasteiger charge is -2.38. The Morgan fingerprint density at radius 1 is 1.07 bits per heavy atom. The molecule has 8 heteroatoms. The van der Waals surface area contributed by atoms with Gasteiger partial charge in [-0.3, -0.25) is 4.18 Å². The van der Waals surface area contributed by atoms with Gasteiger partial charge in [0.05, 0.1) is 24.2 Å². The van der Waals surface area contributed by atoms with Crippen LogP contribution < -0.4 is 5.73 Å². The molecular weight excluding hydrogens is 382 g/mol. The second kappa shape index (κ2) is 7.90. The molecule has 2 aliphatic heterocycles. The summed E-state index contributed by atoms with van der Waals surface area (Å²) >= 11 is 0. The Labute approximate surface area is 164 Å². The fourth-order valence-electron chi connectivity index (χ4n) is 3.40. The van der Waals surface area contributed by atoms with Crippen molar-refractivity contribution in [3.8, 4) is 0 Å². The quantitative estimate of drug-likeness (QED) is 0.731. The van der Waals surface area contributed by atoms with Crippen LogP contribution in [0.4, 0.5) is 0 Å². The number of nitrogens with two attached hydrogens (primary N) is 1. The van der Waals surface area contributed by atoms with Crippen molar-refractivity contribution in [3.05, 3.63) is 65.7 Å². The van der Waals surface area contributed by atoms with E-state index >= 15 is 0 Å². The number of fused-ring (bicyclic) bond motifs is 2. The molecule has 2 heterocycles. The van der Waals surface area contributed by atoms with E-state index in [0.29, 0.717) is 6.61 Å². The van der Waals surface area contributed by atoms with Gasteiger partial charge in [-0.15, -0.1) is 0 Å². The van der Waals surface area contributed by atoms with E-state index in [1.54, 1.807) is 12.1 Å². The minimum Gasteiger partial charge on any atom is -0.369 e. The molecule has 0 amide bonds. The highest BCUT2D eigenvalue weighted by molar-refractivity contribution is 7.86. The van der Waals surface area contributed by atoms with Gasteiger partial charge in [0.1, 0.15) is 18.3 Å². The van der Waals surface area contributed by atoms with E-state index in [9.17, 15) is 8.42 Å². The number of benzene rings is 2. The van der Waals surface area contributed by atoms with E-state index in [2.05, 4.69) is 0 Å². The van der Waals surface area contributed by atoms with Crippen LogP contribution in [-0.2, 0) is 35.1 Å². The van der Waals surface area contributed by atoms with Crippen LogP contribution in [0.5, 0.6) is 0 Å². The minimum absolute atomic E-state index is 0.0622. The van der Waals surface area contributed by atoms with E-state index in [1.165, 1.54) is 12.1 Å². The number of hydrogen-bond acceptors (Lipinski definition) is 7. The number of aryl methyl sites for hydroxylation is 1. The number of hydrogen-bond donors (Lipinski definition) is 1. The maximum Gasteiger partial charge on any atom is 0.297 e. The van der Waals surface area contributed by atoms with Crippen molar-refractivity contribution in [2.45, 2.75) is 49.1 Å². The molecule has 0 spiro atoms. The molecule has 2 fully saturated rings. The van der Waals surface area contributed by atoms with Crippen LogP contribution in [0.15, 0.2) is 59.5 Å². The van der Waals surface area contributed by atoms with Gasteiger partial charge in [0.15, 0.2) is 6.29 Å². The van der Waals surface area contributed by atoms with Gasteiger partial charge in [0.25, 0.3) is 10.1 Å². The lowest BCUT2D eigenvalue weighted by molar-refractivity contribution is -0.193. The van der Waals surface area contributed by atoms with Crippen molar-refractivity contribution in [1.82, 2.24) is 0 Å². The normalized spacial score (nSPS) is 29.7. The Bertz CT molecular complexity index is 902. The van der Waals surface area contributed by atoms with E-state index in [0.717, 1.165) is 11.1 Å². The lowest BCUT2D eigenvalue weighted by atomic mass is 9.99. The Morgan fingerprint density at radius 3 is 2.50 bits per heavy atom. The molecule has 2 aliphatic rings. The van der Waals surface area contributed by atoms with Crippen LogP contribution in [0.3, 0.4) is 0 Å². The first-order valence-corrected chi connectivity index (χ1v) is 10.5. The van der Waals surface area contributed by atoms with Gasteiger partial charge < -0.3 is 19.9 Å². The molecule has 5 atom stereocenters. The molecule has 150 valence electrons. The number of ether oxygens (including phenoxy) is 3. The van der Waals surface area contributed by atoms with Gasteiger partial charge in [-0.25, -0.2) is 0 Å². The van der Waals surface area contributed by atoms with Crippen LogP contribution >= 0.6 is 0 Å². The SMILES string of the molecule is Cc1ccc(S(=O)(=O)O[C@H]2[C@H]3OC[C@@H](O3)[C@@H](OCc3ccccc3)[C@@H]2N)cc1. The van der Waals surface area contributed by atoms with Crippen molar-refractivity contribution >= 4 is 10.1 Å². The Morgan fingerprint density at radius 2 is 1.79 bits per heavy atom. The molecular formula is C20H23NO6S. The Kier molecular flexibility index (Phi) is 5.50. The molecule has 2 saturated heterocycles. The van der Waals surface area contributed by atoms with Crippen molar-refractivity contribution in [2.24, 2.45) is 5.73 Å². The summed E-state index contributed by atoms with van der Waals surface area (Å²) in [5.41, 5.74) is 8.28. The molecule has 0 unspecified atom stereocenters. The minimum atomic E-state index is -4.02. The first-order chi connectivity index (χ1) is 13.4. The van der Waals surface area contributed by atoms with Crippen LogP contribution in [-0.4, -0.2) is 45.7 Å². The van der Waals surface area contributed by atoms with Gasteiger partial charge in [0, 0.05) is 0 Å². The van der Waals surface area contributed by atoms with Crippen molar-refractivity contribution in [1.29, 1.82) is 0 Å². The highest BCUT2D eigenvalue weighted by Crippen LogP contribution is 2.33. The predicted octanol–water partition coefficient (Wildman–Crippen LogP) is 1.74. The predicted molar refractivity (Wildman–Crippen MR) is 101 cm³/mol. The third kappa shape index (κ3) is 3.98. The second-order valence-corrected chi connectivity index (χ2v) is 8.61. The van der Waals surface area contributed by atoms with Gasteiger partial charge in [-0.1, -0.05) is 48.0 Å². The molecule has 0 radical (unpaired) electrons. The number of rotatable bonds is 6. The summed E-state index contributed by atoms with van der Waals surface area (Å²) in [5, 5.41) is 0. The van der Waals surface area contributed by atoms with Crippen LogP contribution in [0, 0.1) is 6.92 Å². The average molecular weight is 405 g/mol. The first-order valence-electron chi connectivity index (χ1n) is 9.12. The molecule has 0 saturated carbocycles. The third-order valence-corrected chi connectivity index (χ3v) is 6.28. The molecule has 7 nitrogen and oxygen atoms in total. The molecule has 28 heavy (non-hydrogen) atoms. The van der Waals surface area contributed by atoms with E-state index in [-0.39, 0.29) is 17.6 Å². The van der Waals surface area contributed by atoms with Gasteiger partial charge in [-0.05, 0) is 24.6 Å². The first kappa shape index (κ1) is 19.5. The fraction of sp³-hybridized carbons (Fsp3) is 0.400. The zero-order chi connectivity index (χ0) is 19.7. The smallest absolute Gasteiger partial charge is 0.297 e. The summed E-state index contributed by atoms with van der Waals surface area (Å²) in [7, 11) is -4.02. The molecule has 2 N–H and O–H groups in total. The van der Waals surface area contributed by atoms with Gasteiger partial charge in [0.2, 0.25) is 0 Å². The molecule has 0 aliphatic carbocycles. The highest BCUT2D eigenvalue weighted by Gasteiger charge is 2.52. The van der Waals surface area contributed by atoms with Crippen LogP contribution in [0.1, 0.15) is 11.1 Å². The maximum atomic E-state index is 12.7. The average Bonchev–Trinajstić information content (AvgIpc) is 3.12. The van der Waals surface area contributed by atoms with Gasteiger partial charge in [-0.2, -0.15) is 8.42 Å². The highest BCUT2D eigenvalue weighted by atomic mass is 32.2. The summed E-state index contributed by atoms with van der Waals surface area (Å²) in [6.07, 6.45) is -2.73. The summed E-state index contributed by atoms with van der Waals surface area (Å²) in [6.45, 7) is 2.49. The van der Waals surface area contributed by atoms with E-state index in [4.69, 9.17) is 24.1 Å². The Hall–Kier alpha value is -1.81. The standard InChI is InChI=1S/C20H23NO6S/c1-13-7-9-15(10-8-13)28(22,23)27-19-17(21)18(16-12-25-20(19)26-16)24-11-14-5-3-2-4-6-14/h2-10,16-20H,11-12,21H2,1H3/t16-,17+,18-,19-,20+/m1/s1. The second-order valence-electron chi connectivity index (χ2n) is 7.04. The van der Waals surface area contributed by atoms with Crippen molar-refractivity contribution in [3.63, 3.8) is 0 Å². The van der Waals surface area contributed by atoms with Crippen LogP contribution in [0.25, 0.3) is 0 Å². The summed E-state index contributed by atoms with van der Waals surface area (Å²) in [4.78, 5) is 0.0622. The van der Waals surface area contributed by atoms with Crippen molar-refractivity contribution < 1.29 is 26.8 Å². The topological polar surface area (TPSA) is 97.1 Å². The van der Waals surface area contributed by atoms with E-state index < -0.39 is 34.7 Å². The zero-order valence-corrected chi connectivity index (χ0v) is 16.2. The molecule has 2 aromatic rings. The molecule has 2 bridgehead atoms. The molecule has 2 aromatic carbocycles.